The molecule has 0 heterocycles. The van der Waals surface area contributed by atoms with Crippen molar-refractivity contribution >= 4 is 5.97 Å². The van der Waals surface area contributed by atoms with E-state index in [1.54, 1.807) is 24.3 Å². The molecule has 0 aromatic rings. The van der Waals surface area contributed by atoms with Crippen LogP contribution in [0.5, 0.6) is 0 Å². The molecular formula is C20H32O4. The first-order valence-corrected chi connectivity index (χ1v) is 8.80. The summed E-state index contributed by atoms with van der Waals surface area (Å²) in [6.07, 6.45) is 19.8. The zero-order valence-corrected chi connectivity index (χ0v) is 14.7. The SMILES string of the molecule is CCCCC/C=C\C=C\[C@@H](O)C/C=C\C=C\[C@H](O)CCCC(=O)O. The molecule has 0 aliphatic carbocycles. The maximum absolute atomic E-state index is 10.4. The Morgan fingerprint density at radius 3 is 2.25 bits per heavy atom. The minimum Gasteiger partial charge on any atom is -0.481 e. The van der Waals surface area contributed by atoms with Crippen LogP contribution in [0.15, 0.2) is 48.6 Å². The minimum atomic E-state index is -0.844. The predicted molar refractivity (Wildman–Crippen MR) is 98.8 cm³/mol. The number of unbranched alkanes of at least 4 members (excludes halogenated alkanes) is 3. The maximum Gasteiger partial charge on any atom is 0.303 e. The summed E-state index contributed by atoms with van der Waals surface area (Å²) in [5, 5.41) is 27.9. The van der Waals surface area contributed by atoms with E-state index in [0.717, 1.165) is 6.42 Å². The van der Waals surface area contributed by atoms with E-state index < -0.39 is 18.2 Å². The third kappa shape index (κ3) is 16.7. The van der Waals surface area contributed by atoms with Crippen LogP contribution in [0.25, 0.3) is 0 Å². The quantitative estimate of drug-likeness (QED) is 0.329. The van der Waals surface area contributed by atoms with Crippen LogP contribution >= 0.6 is 0 Å². The van der Waals surface area contributed by atoms with Crippen LogP contribution < -0.4 is 0 Å². The van der Waals surface area contributed by atoms with Crippen molar-refractivity contribution < 1.29 is 20.1 Å². The zero-order valence-electron chi connectivity index (χ0n) is 14.7. The van der Waals surface area contributed by atoms with Crippen molar-refractivity contribution in [2.24, 2.45) is 0 Å². The number of aliphatic hydroxyl groups is 2. The Balaban J connectivity index is 3.80. The monoisotopic (exact) mass is 336 g/mol. The van der Waals surface area contributed by atoms with Gasteiger partial charge in [0.2, 0.25) is 0 Å². The lowest BCUT2D eigenvalue weighted by molar-refractivity contribution is -0.137. The molecule has 2 atom stereocenters. The first-order chi connectivity index (χ1) is 11.6. The molecule has 0 unspecified atom stereocenters. The van der Waals surface area contributed by atoms with Crippen LogP contribution in [0, 0.1) is 0 Å². The van der Waals surface area contributed by atoms with Crippen molar-refractivity contribution in [3.63, 3.8) is 0 Å². The van der Waals surface area contributed by atoms with E-state index in [-0.39, 0.29) is 6.42 Å². The van der Waals surface area contributed by atoms with Crippen molar-refractivity contribution in [3.05, 3.63) is 48.6 Å². The van der Waals surface area contributed by atoms with Crippen LogP contribution in [-0.4, -0.2) is 33.5 Å². The Kier molecular flexibility index (Phi) is 15.1. The van der Waals surface area contributed by atoms with Crippen LogP contribution in [0.3, 0.4) is 0 Å². The largest absolute Gasteiger partial charge is 0.481 e. The van der Waals surface area contributed by atoms with E-state index in [1.165, 1.54) is 19.3 Å². The van der Waals surface area contributed by atoms with Crippen molar-refractivity contribution in [2.75, 3.05) is 0 Å². The number of hydrogen-bond acceptors (Lipinski definition) is 3. The maximum atomic E-state index is 10.4. The molecule has 0 spiro atoms. The molecule has 0 rings (SSSR count). The number of aliphatic carboxylic acids is 1. The van der Waals surface area contributed by atoms with E-state index in [9.17, 15) is 15.0 Å². The lowest BCUT2D eigenvalue weighted by Gasteiger charge is -2.02. The van der Waals surface area contributed by atoms with Gasteiger partial charge < -0.3 is 15.3 Å². The second-order valence-corrected chi connectivity index (χ2v) is 5.78. The van der Waals surface area contributed by atoms with Crippen LogP contribution in [0.4, 0.5) is 0 Å². The van der Waals surface area contributed by atoms with Gasteiger partial charge in [-0.3, -0.25) is 4.79 Å². The molecule has 0 aliphatic heterocycles. The second-order valence-electron chi connectivity index (χ2n) is 5.78. The van der Waals surface area contributed by atoms with E-state index in [4.69, 9.17) is 5.11 Å². The van der Waals surface area contributed by atoms with Crippen molar-refractivity contribution in [1.82, 2.24) is 0 Å². The Labute approximate surface area is 145 Å². The molecule has 0 aliphatic rings. The normalized spacial score (nSPS) is 15.1. The van der Waals surface area contributed by atoms with E-state index in [0.29, 0.717) is 19.3 Å². The molecule has 24 heavy (non-hydrogen) atoms. The molecule has 4 nitrogen and oxygen atoms in total. The van der Waals surface area contributed by atoms with Gasteiger partial charge >= 0.3 is 5.97 Å². The van der Waals surface area contributed by atoms with Gasteiger partial charge in [-0.05, 0) is 32.1 Å². The molecule has 3 N–H and O–H groups in total. The third-order valence-corrected chi connectivity index (χ3v) is 3.40. The minimum absolute atomic E-state index is 0.0757. The van der Waals surface area contributed by atoms with Crippen molar-refractivity contribution in [1.29, 1.82) is 0 Å². The van der Waals surface area contributed by atoms with E-state index >= 15 is 0 Å². The molecule has 136 valence electrons. The number of allylic oxidation sites excluding steroid dienone is 5. The topological polar surface area (TPSA) is 77.8 Å². The van der Waals surface area contributed by atoms with Gasteiger partial charge in [-0.15, -0.1) is 0 Å². The second kappa shape index (κ2) is 16.2. The summed E-state index contributed by atoms with van der Waals surface area (Å²) in [6, 6.07) is 0. The molecule has 0 aromatic carbocycles. The van der Waals surface area contributed by atoms with E-state index in [1.807, 2.05) is 18.2 Å². The average molecular weight is 336 g/mol. The van der Waals surface area contributed by atoms with Gasteiger partial charge in [-0.2, -0.15) is 0 Å². The Bertz CT molecular complexity index is 421. The Hall–Kier alpha value is -1.65. The summed E-state index contributed by atoms with van der Waals surface area (Å²) in [4.78, 5) is 10.4. The van der Waals surface area contributed by atoms with Gasteiger partial charge in [-0.25, -0.2) is 0 Å². The summed E-state index contributed by atoms with van der Waals surface area (Å²) in [5.74, 6) is -0.844. The number of rotatable bonds is 14. The number of carboxylic acids is 1. The van der Waals surface area contributed by atoms with Crippen molar-refractivity contribution in [3.8, 4) is 0 Å². The van der Waals surface area contributed by atoms with Gasteiger partial charge in [0.15, 0.2) is 0 Å². The van der Waals surface area contributed by atoms with Crippen LogP contribution in [-0.2, 0) is 4.79 Å². The van der Waals surface area contributed by atoms with Gasteiger partial charge in [0.25, 0.3) is 0 Å². The fraction of sp³-hybridized carbons (Fsp3) is 0.550. The Morgan fingerprint density at radius 2 is 1.58 bits per heavy atom. The Morgan fingerprint density at radius 1 is 0.917 bits per heavy atom. The van der Waals surface area contributed by atoms with Gasteiger partial charge in [0, 0.05) is 6.42 Å². The molecule has 0 bridgehead atoms. The number of hydrogen-bond donors (Lipinski definition) is 3. The third-order valence-electron chi connectivity index (χ3n) is 3.40. The lowest BCUT2D eigenvalue weighted by atomic mass is 10.1. The molecule has 0 saturated carbocycles. The lowest BCUT2D eigenvalue weighted by Crippen LogP contribution is -2.03. The van der Waals surface area contributed by atoms with Gasteiger partial charge in [0.1, 0.15) is 0 Å². The van der Waals surface area contributed by atoms with Gasteiger partial charge in [0.05, 0.1) is 12.2 Å². The first-order valence-electron chi connectivity index (χ1n) is 8.80. The highest BCUT2D eigenvalue weighted by molar-refractivity contribution is 5.66. The molecule has 4 heteroatoms. The van der Waals surface area contributed by atoms with Crippen LogP contribution in [0.1, 0.15) is 58.3 Å². The highest BCUT2D eigenvalue weighted by Crippen LogP contribution is 2.03. The van der Waals surface area contributed by atoms with E-state index in [2.05, 4.69) is 13.0 Å². The molecule has 0 saturated heterocycles. The highest BCUT2D eigenvalue weighted by atomic mass is 16.4. The van der Waals surface area contributed by atoms with Crippen molar-refractivity contribution in [2.45, 2.75) is 70.5 Å². The number of aliphatic hydroxyl groups excluding tert-OH is 2. The number of carboxylic acid groups (broad SMARTS) is 1. The average Bonchev–Trinajstić information content (AvgIpc) is 2.53. The summed E-state index contributed by atoms with van der Waals surface area (Å²) in [7, 11) is 0. The first kappa shape index (κ1) is 22.4. The zero-order chi connectivity index (χ0) is 18.0. The number of carbonyl (C=O) groups is 1. The summed E-state index contributed by atoms with van der Waals surface area (Å²) in [6.45, 7) is 2.18. The van der Waals surface area contributed by atoms with Crippen LogP contribution in [0.2, 0.25) is 0 Å². The summed E-state index contributed by atoms with van der Waals surface area (Å²) in [5.41, 5.74) is 0. The van der Waals surface area contributed by atoms with Gasteiger partial charge in [-0.1, -0.05) is 68.4 Å². The summed E-state index contributed by atoms with van der Waals surface area (Å²) < 4.78 is 0. The molecule has 0 radical (unpaired) electrons. The fourth-order valence-corrected chi connectivity index (χ4v) is 2.01. The standard InChI is InChI=1S/C20H32O4/c1-2-3-4-5-6-7-9-13-18(21)14-10-8-11-15-19(22)16-12-17-20(23)24/h6-11,13,15,18-19,21-22H,2-5,12,14,16-17H2,1H3,(H,23,24)/b7-6-,10-8-,13-9+,15-11+/t18-,19+/m1/s1. The smallest absolute Gasteiger partial charge is 0.303 e. The molecule has 0 fully saturated rings. The summed E-state index contributed by atoms with van der Waals surface area (Å²) >= 11 is 0. The predicted octanol–water partition coefficient (Wildman–Crippen LogP) is 4.16. The fourth-order valence-electron chi connectivity index (χ4n) is 2.01. The molecule has 0 aromatic heterocycles. The molecule has 0 amide bonds. The molecular weight excluding hydrogens is 304 g/mol. The highest BCUT2D eigenvalue weighted by Gasteiger charge is 2.01.